The van der Waals surface area contributed by atoms with Crippen molar-refractivity contribution in [1.29, 1.82) is 0 Å². The van der Waals surface area contributed by atoms with Crippen molar-refractivity contribution in [1.82, 2.24) is 40.3 Å². The maximum atomic E-state index is 14.0. The van der Waals surface area contributed by atoms with Crippen molar-refractivity contribution in [2.75, 3.05) is 39.8 Å². The number of benzene rings is 2. The summed E-state index contributed by atoms with van der Waals surface area (Å²) in [4.78, 5) is 34.1. The fraction of sp³-hybridized carbons (Fsp3) is 0.375. The van der Waals surface area contributed by atoms with Crippen LogP contribution in [0.15, 0.2) is 67.3 Å². The van der Waals surface area contributed by atoms with Gasteiger partial charge >= 0.3 is 0 Å². The minimum absolute atomic E-state index is 0.122. The van der Waals surface area contributed by atoms with E-state index in [2.05, 4.69) is 30.7 Å². The van der Waals surface area contributed by atoms with Crippen LogP contribution in [0.2, 0.25) is 10.0 Å². The van der Waals surface area contributed by atoms with Gasteiger partial charge in [-0.2, -0.15) is 0 Å². The first kappa shape index (κ1) is 30.9. The minimum Gasteiger partial charge on any atom is -0.496 e. The second-order valence-electron chi connectivity index (χ2n) is 11.7. The number of halogens is 2. The maximum Gasteiger partial charge on any atom is 0.257 e. The molecule has 0 aliphatic carbocycles. The molecule has 2 saturated heterocycles. The first-order valence-corrected chi connectivity index (χ1v) is 15.6. The van der Waals surface area contributed by atoms with Gasteiger partial charge in [0.15, 0.2) is 0 Å². The lowest BCUT2D eigenvalue weighted by Gasteiger charge is -2.43. The Bertz CT molecular complexity index is 1650. The van der Waals surface area contributed by atoms with Gasteiger partial charge in [0.2, 0.25) is 6.41 Å². The largest absolute Gasteiger partial charge is 0.496 e. The van der Waals surface area contributed by atoms with Gasteiger partial charge < -0.3 is 19.9 Å². The van der Waals surface area contributed by atoms with Crippen molar-refractivity contribution in [3.63, 3.8) is 0 Å². The van der Waals surface area contributed by atoms with Gasteiger partial charge in [0.25, 0.3) is 5.91 Å². The third-order valence-corrected chi connectivity index (χ3v) is 10.1. The van der Waals surface area contributed by atoms with Gasteiger partial charge in [0.1, 0.15) is 12.1 Å². The number of pyridine rings is 1. The SMILES string of the molecule is COc1ccc(-n2cnnn2)cc1C(=O)N1CCC(CCN2CCC(NC=O)(c3ccncc3)CC2)(c2ccc(Cl)c(Cl)c2)C1. The summed E-state index contributed by atoms with van der Waals surface area (Å²) in [6.07, 6.45) is 8.98. The van der Waals surface area contributed by atoms with E-state index < -0.39 is 5.54 Å². The Morgan fingerprint density at radius 1 is 1.00 bits per heavy atom. The number of methoxy groups -OCH3 is 1. The summed E-state index contributed by atoms with van der Waals surface area (Å²) in [5, 5.41) is 15.5. The molecule has 45 heavy (non-hydrogen) atoms. The van der Waals surface area contributed by atoms with Crippen molar-refractivity contribution >= 4 is 35.5 Å². The molecule has 0 bridgehead atoms. The Morgan fingerprint density at radius 3 is 2.49 bits per heavy atom. The second-order valence-corrected chi connectivity index (χ2v) is 12.5. The van der Waals surface area contributed by atoms with Crippen molar-refractivity contribution in [2.24, 2.45) is 0 Å². The van der Waals surface area contributed by atoms with Gasteiger partial charge in [0, 0.05) is 44.0 Å². The van der Waals surface area contributed by atoms with E-state index in [9.17, 15) is 9.59 Å². The zero-order valence-corrected chi connectivity index (χ0v) is 26.4. The van der Waals surface area contributed by atoms with Crippen molar-refractivity contribution < 1.29 is 14.3 Å². The summed E-state index contributed by atoms with van der Waals surface area (Å²) >= 11 is 12.8. The van der Waals surface area contributed by atoms with Crippen LogP contribution in [0, 0.1) is 0 Å². The number of hydrogen-bond donors (Lipinski definition) is 1. The van der Waals surface area contributed by atoms with Crippen molar-refractivity contribution in [3.8, 4) is 11.4 Å². The second kappa shape index (κ2) is 13.1. The Morgan fingerprint density at radius 2 is 1.80 bits per heavy atom. The third kappa shape index (κ3) is 6.25. The van der Waals surface area contributed by atoms with E-state index in [4.69, 9.17) is 27.9 Å². The van der Waals surface area contributed by atoms with Crippen LogP contribution in [0.4, 0.5) is 0 Å². The zero-order chi connectivity index (χ0) is 31.4. The number of hydrogen-bond acceptors (Lipinski definition) is 8. The molecule has 0 spiro atoms. The van der Waals surface area contributed by atoms with E-state index in [1.165, 1.54) is 11.0 Å². The molecular weight excluding hydrogens is 615 g/mol. The highest BCUT2D eigenvalue weighted by atomic mass is 35.5. The Balaban J connectivity index is 1.22. The van der Waals surface area contributed by atoms with Crippen molar-refractivity contribution in [3.05, 3.63) is 94.0 Å². The molecule has 2 aliphatic rings. The maximum absolute atomic E-state index is 14.0. The Labute approximate surface area is 271 Å². The molecule has 4 heterocycles. The number of likely N-dealkylation sites (tertiary alicyclic amines) is 2. The molecule has 2 amide bonds. The number of nitrogens with zero attached hydrogens (tertiary/aromatic N) is 7. The van der Waals surface area contributed by atoms with Crippen LogP contribution in [0.5, 0.6) is 5.75 Å². The third-order valence-electron chi connectivity index (χ3n) is 9.38. The van der Waals surface area contributed by atoms with Crippen LogP contribution >= 0.6 is 23.2 Å². The topological polar surface area (TPSA) is 118 Å². The monoisotopic (exact) mass is 648 g/mol. The average Bonchev–Trinajstić information content (AvgIpc) is 3.78. The van der Waals surface area contributed by atoms with Crippen LogP contribution in [-0.4, -0.2) is 87.1 Å². The molecule has 1 atom stereocenters. The van der Waals surface area contributed by atoms with Crippen LogP contribution in [0.25, 0.3) is 5.69 Å². The molecular formula is C32H34Cl2N8O3. The van der Waals surface area contributed by atoms with Gasteiger partial charge in [0.05, 0.1) is 33.9 Å². The number of tetrazole rings is 1. The fourth-order valence-electron chi connectivity index (χ4n) is 6.74. The zero-order valence-electron chi connectivity index (χ0n) is 24.9. The number of ether oxygens (including phenoxy) is 1. The summed E-state index contributed by atoms with van der Waals surface area (Å²) in [5.74, 6) is 0.363. The van der Waals surface area contributed by atoms with Crippen LogP contribution in [-0.2, 0) is 15.7 Å². The van der Waals surface area contributed by atoms with Gasteiger partial charge in [-0.1, -0.05) is 29.3 Å². The van der Waals surface area contributed by atoms with Gasteiger partial charge in [-0.05, 0) is 96.2 Å². The van der Waals surface area contributed by atoms with Gasteiger partial charge in [-0.25, -0.2) is 4.68 Å². The highest BCUT2D eigenvalue weighted by Gasteiger charge is 2.43. The minimum atomic E-state index is -0.408. The molecule has 2 aromatic carbocycles. The molecule has 6 rings (SSSR count). The van der Waals surface area contributed by atoms with Crippen LogP contribution in [0.1, 0.15) is 47.2 Å². The summed E-state index contributed by atoms with van der Waals surface area (Å²) in [6, 6.07) is 15.1. The molecule has 0 saturated carbocycles. The predicted molar refractivity (Wildman–Crippen MR) is 170 cm³/mol. The highest BCUT2D eigenvalue weighted by molar-refractivity contribution is 6.42. The Kier molecular flexibility index (Phi) is 9.02. The van der Waals surface area contributed by atoms with Crippen LogP contribution < -0.4 is 10.1 Å². The quantitative estimate of drug-likeness (QED) is 0.253. The van der Waals surface area contributed by atoms with Gasteiger partial charge in [-0.15, -0.1) is 5.10 Å². The van der Waals surface area contributed by atoms with Crippen LogP contribution in [0.3, 0.4) is 0 Å². The molecule has 11 nitrogen and oxygen atoms in total. The summed E-state index contributed by atoms with van der Waals surface area (Å²) in [6.45, 7) is 3.57. The van der Waals surface area contributed by atoms with E-state index in [-0.39, 0.29) is 11.3 Å². The lowest BCUT2D eigenvalue weighted by molar-refractivity contribution is -0.112. The number of amides is 2. The highest BCUT2D eigenvalue weighted by Crippen LogP contribution is 2.42. The normalized spacial score (nSPS) is 19.8. The lowest BCUT2D eigenvalue weighted by atomic mass is 9.76. The predicted octanol–water partition coefficient (Wildman–Crippen LogP) is 4.28. The Hall–Kier alpha value is -4.06. The molecule has 13 heteroatoms. The van der Waals surface area contributed by atoms with E-state index in [0.717, 1.165) is 62.9 Å². The number of rotatable bonds is 10. The van der Waals surface area contributed by atoms with E-state index >= 15 is 0 Å². The first-order valence-electron chi connectivity index (χ1n) is 14.9. The smallest absolute Gasteiger partial charge is 0.257 e. The molecule has 234 valence electrons. The first-order chi connectivity index (χ1) is 21.9. The van der Waals surface area contributed by atoms with E-state index in [0.29, 0.717) is 40.1 Å². The van der Waals surface area contributed by atoms with Crippen molar-refractivity contribution in [2.45, 2.75) is 36.6 Å². The summed E-state index contributed by atoms with van der Waals surface area (Å²) in [5.41, 5.74) is 2.51. The number of aromatic nitrogens is 5. The summed E-state index contributed by atoms with van der Waals surface area (Å²) in [7, 11) is 1.55. The van der Waals surface area contributed by atoms with Gasteiger partial charge in [-0.3, -0.25) is 14.6 Å². The molecule has 1 N–H and O–H groups in total. The average molecular weight is 650 g/mol. The van der Waals surface area contributed by atoms with E-state index in [1.54, 1.807) is 31.6 Å². The molecule has 4 aromatic rings. The standard InChI is InChI=1S/C32H34Cl2N8O3/c1-45-29-5-3-25(42-21-37-38-39-42)19-26(29)30(44)41-17-9-31(20-41,24-2-4-27(33)28(34)18-24)8-14-40-15-10-32(11-16-40,36-22-43)23-6-12-35-13-7-23/h2-7,12-13,18-19,21-22H,8-11,14-17,20H2,1H3,(H,36,43). The van der Waals surface area contributed by atoms with E-state index in [1.807, 2.05) is 41.3 Å². The number of carbonyl (C=O) groups is 2. The fourth-order valence-corrected chi connectivity index (χ4v) is 7.04. The number of piperidine rings is 1. The number of carbonyl (C=O) groups excluding carboxylic acids is 2. The number of nitrogens with one attached hydrogen (secondary N) is 1. The summed E-state index contributed by atoms with van der Waals surface area (Å²) < 4.78 is 7.09. The molecule has 1 unspecified atom stereocenters. The molecule has 2 aromatic heterocycles. The lowest BCUT2D eigenvalue weighted by Crippen LogP contribution is -2.51. The molecule has 2 fully saturated rings. The molecule has 0 radical (unpaired) electrons. The molecule has 2 aliphatic heterocycles.